The Hall–Kier alpha value is -0.240. The lowest BCUT2D eigenvalue weighted by molar-refractivity contribution is -0.127. The molecule has 122 valence electrons. The molecule has 21 heavy (non-hydrogen) atoms. The Bertz CT molecular complexity index is 342. The molecule has 0 aromatic carbocycles. The molecule has 2 rings (SSSR count). The third kappa shape index (κ3) is 5.16. The number of amides is 1. The van der Waals surface area contributed by atoms with Crippen molar-refractivity contribution in [3.8, 4) is 0 Å². The van der Waals surface area contributed by atoms with Crippen LogP contribution in [0, 0.1) is 23.2 Å². The summed E-state index contributed by atoms with van der Waals surface area (Å²) in [6.07, 6.45) is 11.2. The van der Waals surface area contributed by atoms with Gasteiger partial charge in [0.2, 0.25) is 5.91 Å². The van der Waals surface area contributed by atoms with Gasteiger partial charge in [0.05, 0.1) is 0 Å². The van der Waals surface area contributed by atoms with E-state index >= 15 is 0 Å². The highest BCUT2D eigenvalue weighted by Gasteiger charge is 2.35. The minimum absolute atomic E-state index is 0.159. The van der Waals surface area contributed by atoms with Gasteiger partial charge in [0.25, 0.3) is 0 Å². The van der Waals surface area contributed by atoms with E-state index in [1.54, 1.807) is 0 Å². The number of rotatable bonds is 6. The summed E-state index contributed by atoms with van der Waals surface area (Å²) in [5.74, 6) is 3.03. The van der Waals surface area contributed by atoms with Crippen molar-refractivity contribution in [2.24, 2.45) is 23.2 Å². The highest BCUT2D eigenvalue weighted by molar-refractivity contribution is 6.17. The molecule has 3 atom stereocenters. The van der Waals surface area contributed by atoms with E-state index in [-0.39, 0.29) is 11.3 Å². The zero-order chi connectivity index (χ0) is 15.3. The Balaban J connectivity index is 1.75. The van der Waals surface area contributed by atoms with Crippen LogP contribution in [-0.4, -0.2) is 18.3 Å². The monoisotopic (exact) mass is 313 g/mol. The van der Waals surface area contributed by atoms with Gasteiger partial charge in [0.1, 0.15) is 0 Å². The van der Waals surface area contributed by atoms with E-state index in [1.165, 1.54) is 32.1 Å². The summed E-state index contributed by atoms with van der Waals surface area (Å²) in [5.41, 5.74) is 0.159. The molecule has 0 aromatic heterocycles. The first-order chi connectivity index (χ1) is 10.0. The van der Waals surface area contributed by atoms with Crippen LogP contribution >= 0.6 is 11.6 Å². The summed E-state index contributed by atoms with van der Waals surface area (Å²) in [6, 6.07) is 0. The van der Waals surface area contributed by atoms with Crippen molar-refractivity contribution < 1.29 is 4.79 Å². The normalized spacial score (nSPS) is 29.8. The highest BCUT2D eigenvalue weighted by atomic mass is 35.5. The first-order valence-corrected chi connectivity index (χ1v) is 9.39. The van der Waals surface area contributed by atoms with Crippen molar-refractivity contribution in [2.45, 2.75) is 71.6 Å². The van der Waals surface area contributed by atoms with Crippen LogP contribution in [0.5, 0.6) is 0 Å². The van der Waals surface area contributed by atoms with Gasteiger partial charge in [0, 0.05) is 18.3 Å². The molecule has 0 aromatic rings. The zero-order valence-corrected chi connectivity index (χ0v) is 14.6. The van der Waals surface area contributed by atoms with Gasteiger partial charge in [-0.25, -0.2) is 0 Å². The molecule has 2 aliphatic carbocycles. The van der Waals surface area contributed by atoms with Crippen LogP contribution in [0.2, 0.25) is 0 Å². The van der Waals surface area contributed by atoms with Crippen LogP contribution in [0.3, 0.4) is 0 Å². The first kappa shape index (κ1) is 17.1. The molecule has 1 N–H and O–H groups in total. The molecule has 3 heteroatoms. The van der Waals surface area contributed by atoms with E-state index in [0.29, 0.717) is 11.8 Å². The van der Waals surface area contributed by atoms with Crippen molar-refractivity contribution in [1.29, 1.82) is 0 Å². The number of fused-ring (bicyclic) bond motifs is 1. The quantitative estimate of drug-likeness (QED) is 0.704. The maximum Gasteiger partial charge on any atom is 0.223 e. The number of hydrogen-bond acceptors (Lipinski definition) is 1. The largest absolute Gasteiger partial charge is 0.355 e. The van der Waals surface area contributed by atoms with Gasteiger partial charge < -0.3 is 5.32 Å². The minimum atomic E-state index is 0.159. The molecule has 0 bridgehead atoms. The maximum atomic E-state index is 12.5. The number of carbonyl (C=O) groups is 1. The van der Waals surface area contributed by atoms with E-state index in [2.05, 4.69) is 19.2 Å². The molecule has 0 spiro atoms. The van der Waals surface area contributed by atoms with Crippen molar-refractivity contribution in [3.05, 3.63) is 0 Å². The molecular weight excluding hydrogens is 282 g/mol. The Morgan fingerprint density at radius 1 is 1.14 bits per heavy atom. The fraction of sp³-hybridized carbons (Fsp3) is 0.944. The topological polar surface area (TPSA) is 29.1 Å². The van der Waals surface area contributed by atoms with E-state index in [4.69, 9.17) is 11.6 Å². The van der Waals surface area contributed by atoms with Gasteiger partial charge in [-0.2, -0.15) is 0 Å². The molecule has 0 radical (unpaired) electrons. The average Bonchev–Trinajstić information content (AvgIpc) is 2.50. The van der Waals surface area contributed by atoms with Crippen LogP contribution in [0.25, 0.3) is 0 Å². The summed E-state index contributed by atoms with van der Waals surface area (Å²) in [4.78, 5) is 12.5. The molecule has 3 unspecified atom stereocenters. The third-order valence-corrected chi connectivity index (χ3v) is 5.91. The van der Waals surface area contributed by atoms with E-state index in [0.717, 1.165) is 44.1 Å². The number of hydrogen-bond donors (Lipinski definition) is 1. The molecular formula is C18H32ClNO. The second kappa shape index (κ2) is 7.85. The lowest BCUT2D eigenvalue weighted by Crippen LogP contribution is -2.41. The molecule has 1 amide bonds. The molecule has 2 fully saturated rings. The summed E-state index contributed by atoms with van der Waals surface area (Å²) in [6.45, 7) is 5.23. The van der Waals surface area contributed by atoms with Gasteiger partial charge in [-0.15, -0.1) is 11.6 Å². The minimum Gasteiger partial charge on any atom is -0.355 e. The van der Waals surface area contributed by atoms with Gasteiger partial charge in [-0.1, -0.05) is 39.5 Å². The predicted molar refractivity (Wildman–Crippen MR) is 89.5 cm³/mol. The van der Waals surface area contributed by atoms with Crippen LogP contribution in [-0.2, 0) is 4.79 Å². The Labute approximate surface area is 135 Å². The van der Waals surface area contributed by atoms with E-state index in [9.17, 15) is 4.79 Å². The van der Waals surface area contributed by atoms with Crippen molar-refractivity contribution >= 4 is 17.5 Å². The fourth-order valence-electron chi connectivity index (χ4n) is 4.22. The van der Waals surface area contributed by atoms with Gasteiger partial charge in [-0.3, -0.25) is 4.79 Å². The van der Waals surface area contributed by atoms with Crippen LogP contribution in [0.4, 0.5) is 0 Å². The number of nitrogens with one attached hydrogen (secondary N) is 1. The lowest BCUT2D eigenvalue weighted by atomic mass is 9.67. The molecule has 0 heterocycles. The van der Waals surface area contributed by atoms with Crippen LogP contribution in [0.1, 0.15) is 71.6 Å². The Morgan fingerprint density at radius 3 is 2.57 bits per heavy atom. The first-order valence-electron chi connectivity index (χ1n) is 8.85. The second-order valence-electron chi connectivity index (χ2n) is 7.99. The lowest BCUT2D eigenvalue weighted by Gasteiger charge is -2.39. The molecule has 2 nitrogen and oxygen atoms in total. The van der Waals surface area contributed by atoms with E-state index in [1.807, 2.05) is 0 Å². The fourth-order valence-corrected chi connectivity index (χ4v) is 4.35. The third-order valence-electron chi connectivity index (χ3n) is 5.64. The summed E-state index contributed by atoms with van der Waals surface area (Å²) in [7, 11) is 0. The van der Waals surface area contributed by atoms with Crippen molar-refractivity contribution in [3.63, 3.8) is 0 Å². The summed E-state index contributed by atoms with van der Waals surface area (Å²) in [5, 5.41) is 3.22. The molecule has 2 saturated carbocycles. The Morgan fingerprint density at radius 2 is 1.86 bits per heavy atom. The van der Waals surface area contributed by atoms with Crippen LogP contribution in [0.15, 0.2) is 0 Å². The summed E-state index contributed by atoms with van der Waals surface area (Å²) >= 11 is 5.77. The van der Waals surface area contributed by atoms with Gasteiger partial charge >= 0.3 is 0 Å². The van der Waals surface area contributed by atoms with Crippen molar-refractivity contribution in [2.75, 3.05) is 12.4 Å². The number of carbonyl (C=O) groups excluding carboxylic acids is 1. The number of alkyl halides is 1. The van der Waals surface area contributed by atoms with E-state index < -0.39 is 0 Å². The highest BCUT2D eigenvalue weighted by Crippen LogP contribution is 2.42. The zero-order valence-electron chi connectivity index (χ0n) is 13.8. The maximum absolute atomic E-state index is 12.5. The van der Waals surface area contributed by atoms with Gasteiger partial charge in [-0.05, 0) is 49.4 Å². The Kier molecular flexibility index (Phi) is 6.40. The molecule has 2 aliphatic rings. The van der Waals surface area contributed by atoms with Crippen LogP contribution < -0.4 is 5.32 Å². The predicted octanol–water partition coefficient (Wildman–Crippen LogP) is 4.75. The second-order valence-corrected chi connectivity index (χ2v) is 8.37. The SMILES string of the molecule is CC(C)(CCCCl)CNC(=O)C1CCC2CCCCC2C1. The average molecular weight is 314 g/mol. The standard InChI is InChI=1S/C18H32ClNO/c1-18(2,10-5-11-19)13-20-17(21)16-9-8-14-6-3-4-7-15(14)12-16/h14-16H,3-13H2,1-2H3,(H,20,21). The smallest absolute Gasteiger partial charge is 0.223 e. The number of halogens is 1. The van der Waals surface area contributed by atoms with Gasteiger partial charge in [0.15, 0.2) is 0 Å². The van der Waals surface area contributed by atoms with Crippen molar-refractivity contribution in [1.82, 2.24) is 5.32 Å². The molecule has 0 aliphatic heterocycles. The molecule has 0 saturated heterocycles. The summed E-state index contributed by atoms with van der Waals surface area (Å²) < 4.78 is 0.